The molecule has 0 aliphatic heterocycles. The number of aryl methyl sites for hydroxylation is 1. The maximum atomic E-state index is 11.9. The Morgan fingerprint density at radius 1 is 1.16 bits per heavy atom. The Labute approximate surface area is 145 Å². The smallest absolute Gasteiger partial charge is 0.241 e. The number of fused-ring (bicyclic) bond motifs is 1. The maximum absolute atomic E-state index is 11.9. The highest BCUT2D eigenvalue weighted by Gasteiger charge is 2.06. The lowest BCUT2D eigenvalue weighted by Gasteiger charge is -2.02. The van der Waals surface area contributed by atoms with Gasteiger partial charge in [0.2, 0.25) is 5.91 Å². The molecule has 1 amide bonds. The number of carbonyl (C=O) groups is 1. The molecule has 0 bridgehead atoms. The largest absolute Gasteiger partial charge is 0.273 e. The van der Waals surface area contributed by atoms with Crippen molar-refractivity contribution in [2.24, 2.45) is 5.10 Å². The summed E-state index contributed by atoms with van der Waals surface area (Å²) < 4.78 is 1.72. The topological polar surface area (TPSA) is 72.2 Å². The second-order valence-electron chi connectivity index (χ2n) is 5.58. The molecule has 0 aliphatic carbocycles. The van der Waals surface area contributed by atoms with Crippen molar-refractivity contribution in [2.75, 3.05) is 0 Å². The molecule has 0 radical (unpaired) electrons. The van der Waals surface area contributed by atoms with Crippen molar-refractivity contribution in [3.05, 3.63) is 66.2 Å². The number of para-hydroxylation sites is 1. The van der Waals surface area contributed by atoms with E-state index in [1.54, 1.807) is 4.68 Å². The van der Waals surface area contributed by atoms with Crippen LogP contribution in [0.5, 0.6) is 0 Å². The minimum atomic E-state index is -0.160. The molecule has 0 saturated carbocycles. The van der Waals surface area contributed by atoms with Crippen LogP contribution in [-0.2, 0) is 11.3 Å². The predicted octanol–water partition coefficient (Wildman–Crippen LogP) is 3.03. The number of benzene rings is 2. The maximum Gasteiger partial charge on any atom is 0.241 e. The minimum absolute atomic E-state index is 0.160. The summed E-state index contributed by atoms with van der Waals surface area (Å²) in [6, 6.07) is 17.6. The zero-order valence-corrected chi connectivity index (χ0v) is 14.0. The number of hydrogen-bond donors (Lipinski definition) is 1. The summed E-state index contributed by atoms with van der Waals surface area (Å²) >= 11 is 0. The van der Waals surface area contributed by atoms with Gasteiger partial charge in [-0.25, -0.2) is 10.1 Å². The summed E-state index contributed by atoms with van der Waals surface area (Å²) in [4.78, 5) is 11.9. The van der Waals surface area contributed by atoms with Crippen LogP contribution in [0.1, 0.15) is 18.9 Å². The molecule has 1 heterocycles. The molecule has 1 N–H and O–H groups in total. The third-order valence-corrected chi connectivity index (χ3v) is 3.64. The third-order valence-electron chi connectivity index (χ3n) is 3.64. The molecule has 0 saturated heterocycles. The Kier molecular flexibility index (Phi) is 5.31. The number of rotatable bonds is 6. The summed E-state index contributed by atoms with van der Waals surface area (Å²) in [5, 5.41) is 12.2. The number of amides is 1. The number of hydrogen-bond acceptors (Lipinski definition) is 4. The summed E-state index contributed by atoms with van der Waals surface area (Å²) in [6.07, 6.45) is 4.10. The lowest BCUT2D eigenvalue weighted by atomic mass is 10.2. The van der Waals surface area contributed by atoms with Crippen molar-refractivity contribution in [1.29, 1.82) is 0 Å². The van der Waals surface area contributed by atoms with Gasteiger partial charge in [0.05, 0.1) is 17.8 Å². The lowest BCUT2D eigenvalue weighted by molar-refractivity contribution is -0.121. The molecule has 6 nitrogen and oxygen atoms in total. The fourth-order valence-electron chi connectivity index (χ4n) is 2.31. The van der Waals surface area contributed by atoms with Crippen LogP contribution in [0.2, 0.25) is 0 Å². The number of hydrazone groups is 1. The SMILES string of the molecule is CC(/C=C/c1ccccc1)=N/NC(=O)CCn1nnc2ccccc21. The van der Waals surface area contributed by atoms with Crippen LogP contribution in [0.4, 0.5) is 0 Å². The summed E-state index contributed by atoms with van der Waals surface area (Å²) in [7, 11) is 0. The second kappa shape index (κ2) is 8.01. The fourth-order valence-corrected chi connectivity index (χ4v) is 2.31. The van der Waals surface area contributed by atoms with Gasteiger partial charge in [0, 0.05) is 6.42 Å². The molecular formula is C19H19N5O. The van der Waals surface area contributed by atoms with E-state index in [0.717, 1.165) is 22.3 Å². The van der Waals surface area contributed by atoms with Crippen molar-refractivity contribution in [3.63, 3.8) is 0 Å². The molecule has 0 aliphatic rings. The van der Waals surface area contributed by atoms with Gasteiger partial charge in [-0.1, -0.05) is 53.8 Å². The Balaban J connectivity index is 1.51. The van der Waals surface area contributed by atoms with Gasteiger partial charge >= 0.3 is 0 Å². The number of aromatic nitrogens is 3. The first-order valence-electron chi connectivity index (χ1n) is 8.07. The molecule has 0 unspecified atom stereocenters. The van der Waals surface area contributed by atoms with Crippen LogP contribution in [0, 0.1) is 0 Å². The van der Waals surface area contributed by atoms with Crippen molar-refractivity contribution in [2.45, 2.75) is 19.9 Å². The highest BCUT2D eigenvalue weighted by atomic mass is 16.2. The standard InChI is InChI=1S/C19H19N5O/c1-15(11-12-16-7-3-2-4-8-16)20-22-19(25)13-14-24-18-10-6-5-9-17(18)21-23-24/h2-12H,13-14H2,1H3,(H,22,25)/b12-11+,20-15-. The minimum Gasteiger partial charge on any atom is -0.273 e. The van der Waals surface area contributed by atoms with E-state index in [0.29, 0.717) is 6.54 Å². The second-order valence-corrected chi connectivity index (χ2v) is 5.58. The summed E-state index contributed by atoms with van der Waals surface area (Å²) in [5.74, 6) is -0.160. The Morgan fingerprint density at radius 3 is 2.76 bits per heavy atom. The van der Waals surface area contributed by atoms with Gasteiger partial charge in [0.15, 0.2) is 0 Å². The Bertz CT molecular complexity index is 912. The molecule has 0 atom stereocenters. The molecule has 6 heteroatoms. The van der Waals surface area contributed by atoms with Crippen molar-refractivity contribution in [1.82, 2.24) is 20.4 Å². The first-order chi connectivity index (χ1) is 12.2. The number of nitrogens with zero attached hydrogens (tertiary/aromatic N) is 4. The third kappa shape index (κ3) is 4.60. The normalized spacial score (nSPS) is 12.0. The van der Waals surface area contributed by atoms with Crippen LogP contribution < -0.4 is 5.43 Å². The molecule has 2 aromatic carbocycles. The van der Waals surface area contributed by atoms with E-state index in [2.05, 4.69) is 20.8 Å². The van der Waals surface area contributed by atoms with Gasteiger partial charge in [0.1, 0.15) is 5.52 Å². The molecule has 1 aromatic heterocycles. The van der Waals surface area contributed by atoms with Gasteiger partial charge in [-0.05, 0) is 30.7 Å². The van der Waals surface area contributed by atoms with Crippen LogP contribution in [0.3, 0.4) is 0 Å². The Hall–Kier alpha value is -3.28. The molecule has 0 fully saturated rings. The molecular weight excluding hydrogens is 314 g/mol. The average molecular weight is 333 g/mol. The van der Waals surface area contributed by atoms with Gasteiger partial charge in [-0.15, -0.1) is 5.10 Å². The Morgan fingerprint density at radius 2 is 1.92 bits per heavy atom. The lowest BCUT2D eigenvalue weighted by Crippen LogP contribution is -2.20. The van der Waals surface area contributed by atoms with Crippen LogP contribution in [0.15, 0.2) is 65.8 Å². The first kappa shape index (κ1) is 16.6. The molecule has 3 rings (SSSR count). The van der Waals surface area contributed by atoms with Gasteiger partial charge in [-0.3, -0.25) is 4.79 Å². The van der Waals surface area contributed by atoms with E-state index in [1.165, 1.54) is 0 Å². The zero-order valence-electron chi connectivity index (χ0n) is 14.0. The first-order valence-corrected chi connectivity index (χ1v) is 8.07. The monoisotopic (exact) mass is 333 g/mol. The van der Waals surface area contributed by atoms with Gasteiger partial charge in [0.25, 0.3) is 0 Å². The molecule has 25 heavy (non-hydrogen) atoms. The molecule has 3 aromatic rings. The number of nitrogens with one attached hydrogen (secondary N) is 1. The fraction of sp³-hybridized carbons (Fsp3) is 0.158. The average Bonchev–Trinajstić information content (AvgIpc) is 3.07. The van der Waals surface area contributed by atoms with E-state index in [4.69, 9.17) is 0 Å². The van der Waals surface area contributed by atoms with Crippen molar-refractivity contribution < 1.29 is 4.79 Å². The van der Waals surface area contributed by atoms with Gasteiger partial charge < -0.3 is 0 Å². The van der Waals surface area contributed by atoms with E-state index in [1.807, 2.05) is 73.7 Å². The van der Waals surface area contributed by atoms with E-state index < -0.39 is 0 Å². The van der Waals surface area contributed by atoms with Crippen molar-refractivity contribution >= 4 is 28.7 Å². The van der Waals surface area contributed by atoms with E-state index in [-0.39, 0.29) is 12.3 Å². The quantitative estimate of drug-likeness (QED) is 0.557. The van der Waals surface area contributed by atoms with Crippen LogP contribution in [-0.4, -0.2) is 26.6 Å². The molecule has 126 valence electrons. The summed E-state index contributed by atoms with van der Waals surface area (Å²) in [5.41, 5.74) is 6.11. The zero-order chi connectivity index (χ0) is 17.5. The number of allylic oxidation sites excluding steroid dienone is 1. The summed E-state index contributed by atoms with van der Waals surface area (Å²) in [6.45, 7) is 2.30. The van der Waals surface area contributed by atoms with E-state index in [9.17, 15) is 4.79 Å². The van der Waals surface area contributed by atoms with Gasteiger partial charge in [-0.2, -0.15) is 5.10 Å². The highest BCUT2D eigenvalue weighted by Crippen LogP contribution is 2.09. The predicted molar refractivity (Wildman–Crippen MR) is 98.9 cm³/mol. The van der Waals surface area contributed by atoms with E-state index >= 15 is 0 Å². The number of carbonyl (C=O) groups excluding carboxylic acids is 1. The highest BCUT2D eigenvalue weighted by molar-refractivity contribution is 5.96. The van der Waals surface area contributed by atoms with Crippen LogP contribution in [0.25, 0.3) is 17.1 Å². The van der Waals surface area contributed by atoms with Crippen LogP contribution >= 0.6 is 0 Å². The van der Waals surface area contributed by atoms with Crippen molar-refractivity contribution in [3.8, 4) is 0 Å². The molecule has 0 spiro atoms.